The first-order chi connectivity index (χ1) is 10.4. The summed E-state index contributed by atoms with van der Waals surface area (Å²) < 4.78 is 29.9. The molecule has 1 aliphatic heterocycles. The topological polar surface area (TPSA) is 80.8 Å². The fourth-order valence-corrected chi connectivity index (χ4v) is 3.75. The highest BCUT2D eigenvalue weighted by atomic mass is 32.2. The molecule has 3 rings (SSSR count). The number of carbonyl (C=O) groups is 2. The van der Waals surface area contributed by atoms with Crippen molar-refractivity contribution in [1.29, 1.82) is 0 Å². The highest BCUT2D eigenvalue weighted by Gasteiger charge is 2.47. The number of ether oxygens (including phenoxy) is 1. The lowest BCUT2D eigenvalue weighted by atomic mass is 10.1. The van der Waals surface area contributed by atoms with Gasteiger partial charge in [-0.05, 0) is 30.7 Å². The summed E-state index contributed by atoms with van der Waals surface area (Å²) in [6.07, 6.45) is -1.24. The summed E-state index contributed by atoms with van der Waals surface area (Å²) in [5, 5.41) is 0. The van der Waals surface area contributed by atoms with Crippen LogP contribution in [-0.2, 0) is 10.0 Å². The molecule has 7 heteroatoms. The molecule has 112 valence electrons. The predicted molar refractivity (Wildman–Crippen MR) is 77.0 cm³/mol. The Bertz CT molecular complexity index is 874. The summed E-state index contributed by atoms with van der Waals surface area (Å²) in [6, 6.07) is 12.4. The second-order valence-electron chi connectivity index (χ2n) is 4.70. The van der Waals surface area contributed by atoms with E-state index in [2.05, 4.69) is 0 Å². The van der Waals surface area contributed by atoms with Crippen molar-refractivity contribution >= 4 is 22.0 Å². The molecule has 0 bridgehead atoms. The van der Waals surface area contributed by atoms with Crippen LogP contribution in [0.3, 0.4) is 0 Å². The number of aryl methyl sites for hydroxylation is 1. The third-order valence-corrected chi connectivity index (χ3v) is 4.96. The van der Waals surface area contributed by atoms with E-state index in [4.69, 9.17) is 4.74 Å². The number of rotatable bonds is 1. The van der Waals surface area contributed by atoms with Gasteiger partial charge < -0.3 is 4.74 Å². The van der Waals surface area contributed by atoms with Gasteiger partial charge >= 0.3 is 6.09 Å². The first-order valence-electron chi connectivity index (χ1n) is 6.39. The zero-order valence-electron chi connectivity index (χ0n) is 11.5. The molecule has 0 N–H and O–H groups in total. The van der Waals surface area contributed by atoms with Crippen molar-refractivity contribution in [2.75, 3.05) is 0 Å². The highest BCUT2D eigenvalue weighted by molar-refractivity contribution is 7.90. The zero-order valence-corrected chi connectivity index (χ0v) is 12.3. The average Bonchev–Trinajstić information content (AvgIpc) is 2.68. The average molecular weight is 317 g/mol. The maximum Gasteiger partial charge on any atom is 0.436 e. The lowest BCUT2D eigenvalue weighted by molar-refractivity contribution is 0.0866. The Hall–Kier alpha value is -2.67. The Kier molecular flexibility index (Phi) is 3.22. The largest absolute Gasteiger partial charge is 0.436 e. The van der Waals surface area contributed by atoms with Gasteiger partial charge in [-0.3, -0.25) is 4.79 Å². The number of hydrogen-bond acceptors (Lipinski definition) is 5. The van der Waals surface area contributed by atoms with Gasteiger partial charge in [0, 0.05) is 0 Å². The van der Waals surface area contributed by atoms with Crippen LogP contribution >= 0.6 is 0 Å². The van der Waals surface area contributed by atoms with E-state index in [9.17, 15) is 18.0 Å². The van der Waals surface area contributed by atoms with Gasteiger partial charge in [-0.25, -0.2) is 13.2 Å². The predicted octanol–water partition coefficient (Wildman–Crippen LogP) is 2.34. The third kappa shape index (κ3) is 2.06. The van der Waals surface area contributed by atoms with E-state index in [1.54, 1.807) is 31.2 Å². The van der Waals surface area contributed by atoms with E-state index < -0.39 is 22.0 Å². The van der Waals surface area contributed by atoms with Gasteiger partial charge in [0.25, 0.3) is 15.9 Å². The molecule has 0 atom stereocenters. The Balaban J connectivity index is 2.01. The van der Waals surface area contributed by atoms with Crippen molar-refractivity contribution in [2.45, 2.75) is 11.8 Å². The molecule has 1 aliphatic rings. The van der Waals surface area contributed by atoms with E-state index >= 15 is 0 Å². The van der Waals surface area contributed by atoms with E-state index in [0.29, 0.717) is 5.56 Å². The summed E-state index contributed by atoms with van der Waals surface area (Å²) in [5.74, 6) is -0.739. The Labute approximate surface area is 127 Å². The molecule has 0 saturated heterocycles. The van der Waals surface area contributed by atoms with E-state index in [1.807, 2.05) is 0 Å². The first kappa shape index (κ1) is 14.3. The van der Waals surface area contributed by atoms with Crippen molar-refractivity contribution in [3.8, 4) is 5.75 Å². The summed E-state index contributed by atoms with van der Waals surface area (Å²) in [5.41, 5.74) is 0.494. The number of fused-ring (bicyclic) bond motifs is 1. The molecule has 2 amide bonds. The SMILES string of the molecule is Cc1cccc2c1C(=O)N(C(=O)Oc1ccccc1)S2(=O)=O. The van der Waals surface area contributed by atoms with Crippen molar-refractivity contribution < 1.29 is 22.7 Å². The van der Waals surface area contributed by atoms with E-state index in [1.165, 1.54) is 24.3 Å². The monoisotopic (exact) mass is 317 g/mol. The van der Waals surface area contributed by atoms with Crippen molar-refractivity contribution in [2.24, 2.45) is 0 Å². The Morgan fingerprint density at radius 3 is 2.36 bits per heavy atom. The van der Waals surface area contributed by atoms with Gasteiger partial charge in [0.15, 0.2) is 0 Å². The lowest BCUT2D eigenvalue weighted by Crippen LogP contribution is -2.38. The van der Waals surface area contributed by atoms with Gasteiger partial charge in [0.05, 0.1) is 5.56 Å². The number of sulfonamides is 1. The molecule has 6 nitrogen and oxygen atoms in total. The number of imide groups is 1. The third-order valence-electron chi connectivity index (χ3n) is 3.27. The maximum absolute atomic E-state index is 12.4. The van der Waals surface area contributed by atoms with Gasteiger partial charge in [-0.1, -0.05) is 30.3 Å². The Morgan fingerprint density at radius 2 is 1.73 bits per heavy atom. The number of benzene rings is 2. The van der Waals surface area contributed by atoms with Crippen LogP contribution in [0.2, 0.25) is 0 Å². The number of hydrogen-bond donors (Lipinski definition) is 0. The van der Waals surface area contributed by atoms with Crippen LogP contribution in [0.25, 0.3) is 0 Å². The maximum atomic E-state index is 12.4. The van der Waals surface area contributed by atoms with Crippen LogP contribution in [0, 0.1) is 6.92 Å². The highest BCUT2D eigenvalue weighted by Crippen LogP contribution is 2.32. The molecule has 0 aliphatic carbocycles. The Morgan fingerprint density at radius 1 is 1.05 bits per heavy atom. The fourth-order valence-electron chi connectivity index (χ4n) is 2.25. The van der Waals surface area contributed by atoms with Crippen LogP contribution in [0.4, 0.5) is 4.79 Å². The zero-order chi connectivity index (χ0) is 15.9. The number of carbonyl (C=O) groups excluding carboxylic acids is 2. The van der Waals surface area contributed by atoms with E-state index in [-0.39, 0.29) is 20.5 Å². The normalized spacial score (nSPS) is 15.5. The van der Waals surface area contributed by atoms with Crippen LogP contribution in [0.15, 0.2) is 53.4 Å². The van der Waals surface area contributed by atoms with Crippen LogP contribution in [-0.4, -0.2) is 24.7 Å². The van der Waals surface area contributed by atoms with Gasteiger partial charge in [-0.2, -0.15) is 0 Å². The van der Waals surface area contributed by atoms with Crippen LogP contribution in [0.5, 0.6) is 5.75 Å². The molecular weight excluding hydrogens is 306 g/mol. The molecule has 2 aromatic rings. The second kappa shape index (κ2) is 4.96. The minimum absolute atomic E-state index is 0.00696. The lowest BCUT2D eigenvalue weighted by Gasteiger charge is -2.12. The molecule has 0 radical (unpaired) electrons. The fraction of sp³-hybridized carbons (Fsp3) is 0.0667. The van der Waals surface area contributed by atoms with Gasteiger partial charge in [0.1, 0.15) is 10.6 Å². The first-order valence-corrected chi connectivity index (χ1v) is 7.83. The van der Waals surface area contributed by atoms with E-state index in [0.717, 1.165) is 0 Å². The number of para-hydroxylation sites is 1. The molecule has 1 heterocycles. The molecule has 0 fully saturated rings. The van der Waals surface area contributed by atoms with Crippen LogP contribution in [0.1, 0.15) is 15.9 Å². The van der Waals surface area contributed by atoms with Gasteiger partial charge in [0.2, 0.25) is 0 Å². The minimum atomic E-state index is -4.23. The standard InChI is InChI=1S/C15H11NO5S/c1-10-6-5-9-12-13(10)14(17)16(22(12,19)20)15(18)21-11-7-3-2-4-8-11/h2-9H,1H3. The molecule has 22 heavy (non-hydrogen) atoms. The molecule has 0 spiro atoms. The quantitative estimate of drug-likeness (QED) is 0.806. The second-order valence-corrected chi connectivity index (χ2v) is 6.46. The molecule has 0 unspecified atom stereocenters. The summed E-state index contributed by atoms with van der Waals surface area (Å²) in [4.78, 5) is 24.3. The van der Waals surface area contributed by atoms with Crippen molar-refractivity contribution in [3.63, 3.8) is 0 Å². The minimum Gasteiger partial charge on any atom is -0.409 e. The van der Waals surface area contributed by atoms with Crippen molar-refractivity contribution in [3.05, 3.63) is 59.7 Å². The number of nitrogens with zero attached hydrogens (tertiary/aromatic N) is 1. The summed E-state index contributed by atoms with van der Waals surface area (Å²) in [7, 11) is -4.23. The summed E-state index contributed by atoms with van der Waals surface area (Å²) in [6.45, 7) is 1.61. The molecule has 2 aromatic carbocycles. The van der Waals surface area contributed by atoms with Crippen molar-refractivity contribution in [1.82, 2.24) is 4.31 Å². The molecular formula is C15H11NO5S. The van der Waals surface area contributed by atoms with Gasteiger partial charge in [-0.15, -0.1) is 4.31 Å². The van der Waals surface area contributed by atoms with Crippen LogP contribution < -0.4 is 4.74 Å². The smallest absolute Gasteiger partial charge is 0.409 e. The summed E-state index contributed by atoms with van der Waals surface area (Å²) >= 11 is 0. The molecule has 0 aromatic heterocycles. The molecule has 0 saturated carbocycles. The number of amides is 2.